The standard InChI is InChI=1S/C14H21NO2/c1-13(2)16-11-7-6-10-15-17-12-14-8-4-3-5-9-14/h3-5,8-10,13H,6-7,11-12H2,1-2H3/b15-10+. The first-order chi connectivity index (χ1) is 8.29. The Morgan fingerprint density at radius 2 is 2.00 bits per heavy atom. The highest BCUT2D eigenvalue weighted by Gasteiger charge is 1.92. The second kappa shape index (κ2) is 8.76. The number of rotatable bonds is 8. The Hall–Kier alpha value is -1.35. The number of oxime groups is 1. The number of benzene rings is 1. The molecule has 1 aromatic rings. The lowest BCUT2D eigenvalue weighted by molar-refractivity contribution is 0.0778. The maximum Gasteiger partial charge on any atom is 0.142 e. The van der Waals surface area contributed by atoms with Gasteiger partial charge in [0.15, 0.2) is 0 Å². The van der Waals surface area contributed by atoms with E-state index in [1.165, 1.54) is 0 Å². The normalized spacial score (nSPS) is 11.2. The zero-order valence-electron chi connectivity index (χ0n) is 10.6. The summed E-state index contributed by atoms with van der Waals surface area (Å²) in [5.41, 5.74) is 1.13. The molecule has 0 atom stereocenters. The van der Waals surface area contributed by atoms with E-state index in [9.17, 15) is 0 Å². The summed E-state index contributed by atoms with van der Waals surface area (Å²) in [6.07, 6.45) is 3.98. The van der Waals surface area contributed by atoms with Crippen LogP contribution in [0.3, 0.4) is 0 Å². The number of hydrogen-bond donors (Lipinski definition) is 0. The topological polar surface area (TPSA) is 30.8 Å². The summed E-state index contributed by atoms with van der Waals surface area (Å²) < 4.78 is 5.42. The van der Waals surface area contributed by atoms with Gasteiger partial charge in [0.05, 0.1) is 6.10 Å². The molecular weight excluding hydrogens is 214 g/mol. The van der Waals surface area contributed by atoms with Crippen LogP contribution in [0.15, 0.2) is 35.5 Å². The molecule has 0 aliphatic heterocycles. The van der Waals surface area contributed by atoms with Gasteiger partial charge in [0, 0.05) is 12.8 Å². The second-order valence-electron chi connectivity index (χ2n) is 4.11. The van der Waals surface area contributed by atoms with Crippen molar-refractivity contribution in [2.75, 3.05) is 6.61 Å². The van der Waals surface area contributed by atoms with Gasteiger partial charge in [-0.05, 0) is 32.3 Å². The third-order valence-electron chi connectivity index (χ3n) is 2.15. The third kappa shape index (κ3) is 7.53. The molecule has 17 heavy (non-hydrogen) atoms. The van der Waals surface area contributed by atoms with Crippen LogP contribution in [0, 0.1) is 0 Å². The highest BCUT2D eigenvalue weighted by molar-refractivity contribution is 5.56. The molecule has 0 aromatic heterocycles. The Bertz CT molecular complexity index is 309. The fourth-order valence-electron chi connectivity index (χ4n) is 1.29. The van der Waals surface area contributed by atoms with E-state index in [4.69, 9.17) is 9.57 Å². The van der Waals surface area contributed by atoms with Crippen LogP contribution >= 0.6 is 0 Å². The molecule has 0 bridgehead atoms. The van der Waals surface area contributed by atoms with E-state index < -0.39 is 0 Å². The maximum atomic E-state index is 5.42. The predicted molar refractivity (Wildman–Crippen MR) is 70.0 cm³/mol. The van der Waals surface area contributed by atoms with Crippen molar-refractivity contribution in [3.63, 3.8) is 0 Å². The van der Waals surface area contributed by atoms with Crippen molar-refractivity contribution in [1.82, 2.24) is 0 Å². The molecule has 3 nitrogen and oxygen atoms in total. The maximum absolute atomic E-state index is 5.42. The van der Waals surface area contributed by atoms with Gasteiger partial charge in [-0.1, -0.05) is 35.5 Å². The average Bonchev–Trinajstić information content (AvgIpc) is 2.33. The summed E-state index contributed by atoms with van der Waals surface area (Å²) in [4.78, 5) is 5.18. The van der Waals surface area contributed by atoms with Gasteiger partial charge in [-0.2, -0.15) is 0 Å². The number of hydrogen-bond acceptors (Lipinski definition) is 3. The van der Waals surface area contributed by atoms with Crippen molar-refractivity contribution in [3.05, 3.63) is 35.9 Å². The number of nitrogens with zero attached hydrogens (tertiary/aromatic N) is 1. The molecule has 1 rings (SSSR count). The molecule has 0 aliphatic rings. The van der Waals surface area contributed by atoms with Gasteiger partial charge in [0.1, 0.15) is 6.61 Å². The van der Waals surface area contributed by atoms with Crippen LogP contribution in [0.4, 0.5) is 0 Å². The Morgan fingerprint density at radius 3 is 2.71 bits per heavy atom. The fourth-order valence-corrected chi connectivity index (χ4v) is 1.29. The summed E-state index contributed by atoms with van der Waals surface area (Å²) in [5, 5.41) is 3.90. The lowest BCUT2D eigenvalue weighted by atomic mass is 10.2. The molecule has 0 saturated carbocycles. The number of unbranched alkanes of at least 4 members (excludes halogenated alkanes) is 1. The summed E-state index contributed by atoms with van der Waals surface area (Å²) >= 11 is 0. The number of ether oxygens (including phenoxy) is 1. The van der Waals surface area contributed by atoms with Crippen LogP contribution in [0.1, 0.15) is 32.3 Å². The van der Waals surface area contributed by atoms with E-state index in [-0.39, 0.29) is 0 Å². The summed E-state index contributed by atoms with van der Waals surface area (Å²) in [5.74, 6) is 0. The third-order valence-corrected chi connectivity index (χ3v) is 2.15. The minimum atomic E-state index is 0.307. The van der Waals surface area contributed by atoms with Gasteiger partial charge in [0.25, 0.3) is 0 Å². The van der Waals surface area contributed by atoms with Gasteiger partial charge in [-0.25, -0.2) is 0 Å². The van der Waals surface area contributed by atoms with E-state index in [1.807, 2.05) is 44.2 Å². The lowest BCUT2D eigenvalue weighted by Crippen LogP contribution is -2.03. The second-order valence-corrected chi connectivity index (χ2v) is 4.11. The van der Waals surface area contributed by atoms with Gasteiger partial charge in [0.2, 0.25) is 0 Å². The molecule has 0 amide bonds. The molecule has 0 fully saturated rings. The Labute approximate surface area is 103 Å². The average molecular weight is 235 g/mol. The Morgan fingerprint density at radius 1 is 1.24 bits per heavy atom. The van der Waals surface area contributed by atoms with E-state index >= 15 is 0 Å². The zero-order chi connectivity index (χ0) is 12.3. The van der Waals surface area contributed by atoms with Gasteiger partial charge in [-0.15, -0.1) is 0 Å². The quantitative estimate of drug-likeness (QED) is 0.393. The van der Waals surface area contributed by atoms with Crippen LogP contribution in [0.2, 0.25) is 0 Å². The largest absolute Gasteiger partial charge is 0.391 e. The van der Waals surface area contributed by atoms with Gasteiger partial charge < -0.3 is 9.57 Å². The van der Waals surface area contributed by atoms with Crippen molar-refractivity contribution >= 4 is 6.21 Å². The minimum Gasteiger partial charge on any atom is -0.391 e. The van der Waals surface area contributed by atoms with Crippen LogP contribution in [-0.2, 0) is 16.2 Å². The molecule has 0 spiro atoms. The van der Waals surface area contributed by atoms with Gasteiger partial charge in [-0.3, -0.25) is 0 Å². The highest BCUT2D eigenvalue weighted by atomic mass is 16.6. The van der Waals surface area contributed by atoms with Gasteiger partial charge >= 0.3 is 0 Å². The van der Waals surface area contributed by atoms with Crippen LogP contribution in [-0.4, -0.2) is 18.9 Å². The van der Waals surface area contributed by atoms with Crippen molar-refractivity contribution in [1.29, 1.82) is 0 Å². The highest BCUT2D eigenvalue weighted by Crippen LogP contribution is 2.00. The van der Waals surface area contributed by atoms with Crippen LogP contribution < -0.4 is 0 Å². The first-order valence-corrected chi connectivity index (χ1v) is 6.08. The smallest absolute Gasteiger partial charge is 0.142 e. The predicted octanol–water partition coefficient (Wildman–Crippen LogP) is 3.39. The van der Waals surface area contributed by atoms with E-state index in [2.05, 4.69) is 5.16 Å². The molecule has 0 saturated heterocycles. The van der Waals surface area contributed by atoms with Crippen molar-refractivity contribution in [3.8, 4) is 0 Å². The van der Waals surface area contributed by atoms with E-state index in [0.29, 0.717) is 12.7 Å². The SMILES string of the molecule is CC(C)OCCC/C=N/OCc1ccccc1. The first kappa shape index (κ1) is 13.7. The molecule has 0 radical (unpaired) electrons. The monoisotopic (exact) mass is 235 g/mol. The van der Waals surface area contributed by atoms with E-state index in [0.717, 1.165) is 25.0 Å². The molecule has 0 heterocycles. The molecule has 3 heteroatoms. The van der Waals surface area contributed by atoms with Crippen LogP contribution in [0.25, 0.3) is 0 Å². The Balaban J connectivity index is 1.99. The minimum absolute atomic E-state index is 0.307. The fraction of sp³-hybridized carbons (Fsp3) is 0.500. The molecule has 0 aliphatic carbocycles. The molecule has 0 N–H and O–H groups in total. The molecule has 0 unspecified atom stereocenters. The van der Waals surface area contributed by atoms with Crippen LogP contribution in [0.5, 0.6) is 0 Å². The summed E-state index contributed by atoms with van der Waals surface area (Å²) in [7, 11) is 0. The summed E-state index contributed by atoms with van der Waals surface area (Å²) in [6, 6.07) is 10.0. The molecule has 94 valence electrons. The Kier molecular flexibility index (Phi) is 7.07. The van der Waals surface area contributed by atoms with Crippen molar-refractivity contribution in [2.24, 2.45) is 5.16 Å². The van der Waals surface area contributed by atoms with E-state index in [1.54, 1.807) is 6.21 Å². The summed E-state index contributed by atoms with van der Waals surface area (Å²) in [6.45, 7) is 5.39. The zero-order valence-corrected chi connectivity index (χ0v) is 10.6. The lowest BCUT2D eigenvalue weighted by Gasteiger charge is -2.05. The first-order valence-electron chi connectivity index (χ1n) is 6.08. The molecule has 1 aromatic carbocycles. The van der Waals surface area contributed by atoms with Crippen molar-refractivity contribution < 1.29 is 9.57 Å². The van der Waals surface area contributed by atoms with Crippen molar-refractivity contribution in [2.45, 2.75) is 39.4 Å². The molecular formula is C14H21NO2.